The molecular formula is C16H13N5O2. The number of hydrazine groups is 1. The van der Waals surface area contributed by atoms with E-state index in [1.165, 1.54) is 18.7 Å². The van der Waals surface area contributed by atoms with E-state index in [2.05, 4.69) is 20.8 Å². The van der Waals surface area contributed by atoms with Crippen LogP contribution in [0.3, 0.4) is 0 Å². The lowest BCUT2D eigenvalue weighted by molar-refractivity contribution is 0.0840. The number of pyridine rings is 1. The summed E-state index contributed by atoms with van der Waals surface area (Å²) in [5.41, 5.74) is 5.99. The van der Waals surface area contributed by atoms with E-state index >= 15 is 0 Å². The number of carbonyl (C=O) groups is 2. The Labute approximate surface area is 132 Å². The first-order valence-corrected chi connectivity index (χ1v) is 6.85. The molecule has 0 unspecified atom stereocenters. The fourth-order valence-corrected chi connectivity index (χ4v) is 2.00. The second-order valence-electron chi connectivity index (χ2n) is 4.61. The Morgan fingerprint density at radius 3 is 2.39 bits per heavy atom. The molecule has 0 bridgehead atoms. The van der Waals surface area contributed by atoms with Crippen LogP contribution in [0, 0.1) is 0 Å². The van der Waals surface area contributed by atoms with E-state index in [-0.39, 0.29) is 5.69 Å². The van der Waals surface area contributed by atoms with E-state index in [1.807, 2.05) is 30.3 Å². The average Bonchev–Trinajstić information content (AvgIpc) is 3.11. The van der Waals surface area contributed by atoms with E-state index in [0.29, 0.717) is 5.69 Å². The summed E-state index contributed by atoms with van der Waals surface area (Å²) in [6.45, 7) is 0. The number of hydrogen-bond acceptors (Lipinski definition) is 4. The molecule has 0 fully saturated rings. The SMILES string of the molecule is O=C(NNC(=O)c1cncn1-c1ccccc1)c1ccccn1. The van der Waals surface area contributed by atoms with Crippen LogP contribution < -0.4 is 10.9 Å². The van der Waals surface area contributed by atoms with Gasteiger partial charge in [0.1, 0.15) is 11.4 Å². The van der Waals surface area contributed by atoms with Gasteiger partial charge in [-0.3, -0.25) is 30.0 Å². The van der Waals surface area contributed by atoms with Gasteiger partial charge in [-0.15, -0.1) is 0 Å². The zero-order valence-corrected chi connectivity index (χ0v) is 12.0. The maximum Gasteiger partial charge on any atom is 0.288 e. The Kier molecular flexibility index (Phi) is 4.10. The predicted molar refractivity (Wildman–Crippen MR) is 82.7 cm³/mol. The third-order valence-electron chi connectivity index (χ3n) is 3.09. The van der Waals surface area contributed by atoms with Crippen LogP contribution in [0.1, 0.15) is 21.0 Å². The summed E-state index contributed by atoms with van der Waals surface area (Å²) in [4.78, 5) is 32.0. The number of nitrogens with one attached hydrogen (secondary N) is 2. The van der Waals surface area contributed by atoms with Crippen molar-refractivity contribution in [2.75, 3.05) is 0 Å². The molecule has 0 aliphatic rings. The molecule has 2 aromatic heterocycles. The molecule has 0 atom stereocenters. The third-order valence-corrected chi connectivity index (χ3v) is 3.09. The predicted octanol–water partition coefficient (Wildman–Crippen LogP) is 1.34. The van der Waals surface area contributed by atoms with Crippen LogP contribution in [-0.2, 0) is 0 Å². The topological polar surface area (TPSA) is 88.9 Å². The monoisotopic (exact) mass is 307 g/mol. The Bertz CT molecular complexity index is 815. The molecule has 7 heteroatoms. The smallest absolute Gasteiger partial charge is 0.288 e. The lowest BCUT2D eigenvalue weighted by Gasteiger charge is -2.09. The van der Waals surface area contributed by atoms with Gasteiger partial charge in [-0.25, -0.2) is 4.98 Å². The number of hydrogen-bond donors (Lipinski definition) is 2. The van der Waals surface area contributed by atoms with Crippen molar-refractivity contribution in [1.82, 2.24) is 25.4 Å². The first-order chi connectivity index (χ1) is 11.3. The fraction of sp³-hybridized carbons (Fsp3) is 0. The summed E-state index contributed by atoms with van der Waals surface area (Å²) in [5.74, 6) is -0.972. The second kappa shape index (κ2) is 6.52. The minimum absolute atomic E-state index is 0.212. The number of para-hydroxylation sites is 1. The van der Waals surface area contributed by atoms with Crippen LogP contribution in [0.5, 0.6) is 0 Å². The quantitative estimate of drug-likeness (QED) is 0.715. The van der Waals surface area contributed by atoms with E-state index in [4.69, 9.17) is 0 Å². The minimum atomic E-state index is -0.496. The Hall–Kier alpha value is -3.48. The van der Waals surface area contributed by atoms with Gasteiger partial charge in [0.2, 0.25) is 0 Å². The van der Waals surface area contributed by atoms with Crippen LogP contribution in [0.2, 0.25) is 0 Å². The molecule has 2 amide bonds. The molecular weight excluding hydrogens is 294 g/mol. The van der Waals surface area contributed by atoms with Crippen LogP contribution in [0.15, 0.2) is 67.3 Å². The molecule has 1 aromatic carbocycles. The highest BCUT2D eigenvalue weighted by Crippen LogP contribution is 2.10. The van der Waals surface area contributed by atoms with E-state index < -0.39 is 11.8 Å². The summed E-state index contributed by atoms with van der Waals surface area (Å²) in [6.07, 6.45) is 4.46. The van der Waals surface area contributed by atoms with Crippen molar-refractivity contribution < 1.29 is 9.59 Å². The van der Waals surface area contributed by atoms with Crippen molar-refractivity contribution in [2.24, 2.45) is 0 Å². The van der Waals surface area contributed by atoms with Gasteiger partial charge in [-0.2, -0.15) is 0 Å². The van der Waals surface area contributed by atoms with Gasteiger partial charge >= 0.3 is 0 Å². The number of nitrogens with zero attached hydrogens (tertiary/aromatic N) is 3. The normalized spacial score (nSPS) is 10.1. The standard InChI is InChI=1S/C16H13N5O2/c22-15(13-8-4-5-9-18-13)19-20-16(23)14-10-17-11-21(14)12-6-2-1-3-7-12/h1-11H,(H,19,22)(H,20,23). The van der Waals surface area contributed by atoms with Crippen LogP contribution in [0.4, 0.5) is 0 Å². The molecule has 7 nitrogen and oxygen atoms in total. The van der Waals surface area contributed by atoms with E-state index in [1.54, 1.807) is 22.8 Å². The Morgan fingerprint density at radius 2 is 1.65 bits per heavy atom. The van der Waals surface area contributed by atoms with Gasteiger partial charge in [0.05, 0.1) is 12.5 Å². The minimum Gasteiger partial charge on any atom is -0.295 e. The first-order valence-electron chi connectivity index (χ1n) is 6.85. The summed E-state index contributed by atoms with van der Waals surface area (Å²) in [5, 5.41) is 0. The largest absolute Gasteiger partial charge is 0.295 e. The molecule has 3 aromatic rings. The summed E-state index contributed by atoms with van der Waals surface area (Å²) >= 11 is 0. The molecule has 2 N–H and O–H groups in total. The van der Waals surface area contributed by atoms with E-state index in [0.717, 1.165) is 5.69 Å². The van der Waals surface area contributed by atoms with Gasteiger partial charge < -0.3 is 0 Å². The van der Waals surface area contributed by atoms with Crippen molar-refractivity contribution >= 4 is 11.8 Å². The molecule has 114 valence electrons. The summed E-state index contributed by atoms with van der Waals surface area (Å²) in [6, 6.07) is 14.3. The maximum atomic E-state index is 12.2. The molecule has 2 heterocycles. The van der Waals surface area contributed by atoms with Gasteiger partial charge in [0, 0.05) is 11.9 Å². The zero-order valence-electron chi connectivity index (χ0n) is 12.0. The van der Waals surface area contributed by atoms with E-state index in [9.17, 15) is 9.59 Å². The van der Waals surface area contributed by atoms with Gasteiger partial charge in [0.25, 0.3) is 11.8 Å². The van der Waals surface area contributed by atoms with Crippen molar-refractivity contribution in [1.29, 1.82) is 0 Å². The molecule has 0 saturated carbocycles. The Morgan fingerprint density at radius 1 is 0.913 bits per heavy atom. The number of carbonyl (C=O) groups excluding carboxylic acids is 2. The number of amides is 2. The Balaban J connectivity index is 1.70. The summed E-state index contributed by atoms with van der Waals surface area (Å²) < 4.78 is 1.63. The highest BCUT2D eigenvalue weighted by Gasteiger charge is 2.14. The second-order valence-corrected chi connectivity index (χ2v) is 4.61. The van der Waals surface area contributed by atoms with Gasteiger partial charge in [-0.05, 0) is 24.3 Å². The van der Waals surface area contributed by atoms with Gasteiger partial charge in [-0.1, -0.05) is 24.3 Å². The number of imidazole rings is 1. The molecule has 0 aliphatic heterocycles. The molecule has 3 rings (SSSR count). The third kappa shape index (κ3) is 3.24. The zero-order chi connectivity index (χ0) is 16.1. The van der Waals surface area contributed by atoms with Crippen LogP contribution in [-0.4, -0.2) is 26.3 Å². The van der Waals surface area contributed by atoms with Crippen molar-refractivity contribution in [2.45, 2.75) is 0 Å². The fourth-order valence-electron chi connectivity index (χ4n) is 2.00. The van der Waals surface area contributed by atoms with Crippen LogP contribution >= 0.6 is 0 Å². The molecule has 0 spiro atoms. The summed E-state index contributed by atoms with van der Waals surface area (Å²) in [7, 11) is 0. The number of rotatable bonds is 3. The van der Waals surface area contributed by atoms with Crippen molar-refractivity contribution in [3.05, 3.63) is 78.6 Å². The van der Waals surface area contributed by atoms with Gasteiger partial charge in [0.15, 0.2) is 0 Å². The van der Waals surface area contributed by atoms with Crippen LogP contribution in [0.25, 0.3) is 5.69 Å². The lowest BCUT2D eigenvalue weighted by atomic mass is 10.3. The van der Waals surface area contributed by atoms with Crippen molar-refractivity contribution in [3.8, 4) is 5.69 Å². The maximum absolute atomic E-state index is 12.2. The highest BCUT2D eigenvalue weighted by atomic mass is 16.2. The number of benzene rings is 1. The number of aromatic nitrogens is 3. The average molecular weight is 307 g/mol. The lowest BCUT2D eigenvalue weighted by Crippen LogP contribution is -2.42. The molecule has 0 saturated heterocycles. The molecule has 23 heavy (non-hydrogen) atoms. The van der Waals surface area contributed by atoms with Crippen molar-refractivity contribution in [3.63, 3.8) is 0 Å². The molecule has 0 aliphatic carbocycles. The first kappa shape index (κ1) is 14.5. The molecule has 0 radical (unpaired) electrons. The highest BCUT2D eigenvalue weighted by molar-refractivity contribution is 5.97.